The molecule has 3 atom stereocenters. The number of carbonyl (C=O) groups is 2. The molecule has 1 aliphatic rings. The molecule has 0 saturated heterocycles. The molecule has 0 aliphatic heterocycles. The first kappa shape index (κ1) is 16.5. The van der Waals surface area contributed by atoms with E-state index in [2.05, 4.69) is 10.6 Å². The van der Waals surface area contributed by atoms with Gasteiger partial charge in [0, 0.05) is 20.3 Å². The van der Waals surface area contributed by atoms with E-state index in [1.54, 1.807) is 7.11 Å². The molecule has 1 fully saturated rings. The van der Waals surface area contributed by atoms with Gasteiger partial charge in [0.1, 0.15) is 0 Å². The van der Waals surface area contributed by atoms with Gasteiger partial charge in [0.2, 0.25) is 11.8 Å². The summed E-state index contributed by atoms with van der Waals surface area (Å²) in [4.78, 5) is 24.1. The number of benzene rings is 1. The molecule has 120 valence electrons. The van der Waals surface area contributed by atoms with Gasteiger partial charge in [0.05, 0.1) is 17.9 Å². The van der Waals surface area contributed by atoms with E-state index in [4.69, 9.17) is 4.74 Å². The van der Waals surface area contributed by atoms with Crippen LogP contribution < -0.4 is 10.6 Å². The number of nitrogens with one attached hydrogen (secondary N) is 2. The van der Waals surface area contributed by atoms with Crippen LogP contribution in [-0.2, 0) is 14.3 Å². The largest absolute Gasteiger partial charge is 0.385 e. The van der Waals surface area contributed by atoms with E-state index in [9.17, 15) is 9.59 Å². The van der Waals surface area contributed by atoms with E-state index in [0.29, 0.717) is 19.6 Å². The van der Waals surface area contributed by atoms with E-state index in [1.165, 1.54) is 0 Å². The molecule has 1 saturated carbocycles. The molecule has 2 N–H and O–H groups in total. The van der Waals surface area contributed by atoms with Crippen molar-refractivity contribution in [3.05, 3.63) is 35.9 Å². The van der Waals surface area contributed by atoms with Gasteiger partial charge in [-0.05, 0) is 25.3 Å². The van der Waals surface area contributed by atoms with Gasteiger partial charge in [0.15, 0.2) is 0 Å². The van der Waals surface area contributed by atoms with Crippen molar-refractivity contribution in [1.29, 1.82) is 0 Å². The SMILES string of the molecule is COCCCNC(=O)C1CC1C(=O)NC(C)c1ccccc1. The van der Waals surface area contributed by atoms with E-state index >= 15 is 0 Å². The van der Waals surface area contributed by atoms with Crippen molar-refractivity contribution in [3.63, 3.8) is 0 Å². The van der Waals surface area contributed by atoms with Crippen molar-refractivity contribution >= 4 is 11.8 Å². The molecule has 0 bridgehead atoms. The van der Waals surface area contributed by atoms with Crippen molar-refractivity contribution in [2.45, 2.75) is 25.8 Å². The quantitative estimate of drug-likeness (QED) is 0.718. The normalized spacial score (nSPS) is 21.0. The monoisotopic (exact) mass is 304 g/mol. The summed E-state index contributed by atoms with van der Waals surface area (Å²) in [6, 6.07) is 9.77. The number of rotatable bonds is 8. The van der Waals surface area contributed by atoms with Gasteiger partial charge in [-0.25, -0.2) is 0 Å². The highest BCUT2D eigenvalue weighted by Gasteiger charge is 2.48. The molecule has 1 aromatic rings. The van der Waals surface area contributed by atoms with Gasteiger partial charge in [-0.3, -0.25) is 9.59 Å². The Morgan fingerprint density at radius 3 is 2.59 bits per heavy atom. The molecule has 0 aromatic heterocycles. The summed E-state index contributed by atoms with van der Waals surface area (Å²) in [5.41, 5.74) is 1.07. The summed E-state index contributed by atoms with van der Waals surface area (Å²) < 4.78 is 4.93. The van der Waals surface area contributed by atoms with E-state index in [-0.39, 0.29) is 29.7 Å². The molecule has 5 nitrogen and oxygen atoms in total. The Morgan fingerprint density at radius 1 is 1.23 bits per heavy atom. The van der Waals surface area contributed by atoms with Gasteiger partial charge in [-0.1, -0.05) is 30.3 Å². The Hall–Kier alpha value is -1.88. The summed E-state index contributed by atoms with van der Waals surface area (Å²) in [6.45, 7) is 3.18. The second-order valence-corrected chi connectivity index (χ2v) is 5.73. The number of amides is 2. The average Bonchev–Trinajstić information content (AvgIpc) is 3.33. The fourth-order valence-corrected chi connectivity index (χ4v) is 2.48. The van der Waals surface area contributed by atoms with Crippen LogP contribution in [0.4, 0.5) is 0 Å². The summed E-state index contributed by atoms with van der Waals surface area (Å²) in [7, 11) is 1.64. The van der Waals surface area contributed by atoms with Crippen molar-refractivity contribution < 1.29 is 14.3 Å². The number of methoxy groups -OCH3 is 1. The lowest BCUT2D eigenvalue weighted by Crippen LogP contribution is -2.32. The minimum Gasteiger partial charge on any atom is -0.385 e. The summed E-state index contributed by atoms with van der Waals surface area (Å²) in [6.07, 6.45) is 1.43. The fraction of sp³-hybridized carbons (Fsp3) is 0.529. The minimum atomic E-state index is -0.186. The first-order valence-corrected chi connectivity index (χ1v) is 7.75. The van der Waals surface area contributed by atoms with Crippen molar-refractivity contribution in [2.24, 2.45) is 11.8 Å². The number of ether oxygens (including phenoxy) is 1. The van der Waals surface area contributed by atoms with Gasteiger partial charge >= 0.3 is 0 Å². The van der Waals surface area contributed by atoms with Crippen LogP contribution in [0.2, 0.25) is 0 Å². The highest BCUT2D eigenvalue weighted by atomic mass is 16.5. The molecule has 0 spiro atoms. The number of hydrogen-bond acceptors (Lipinski definition) is 3. The zero-order chi connectivity index (χ0) is 15.9. The zero-order valence-corrected chi connectivity index (χ0v) is 13.2. The van der Waals surface area contributed by atoms with E-state index in [0.717, 1.165) is 12.0 Å². The Morgan fingerprint density at radius 2 is 1.91 bits per heavy atom. The molecule has 0 heterocycles. The molecule has 2 rings (SSSR count). The molecule has 3 unspecified atom stereocenters. The fourth-order valence-electron chi connectivity index (χ4n) is 2.48. The van der Waals surface area contributed by atoms with Gasteiger partial charge < -0.3 is 15.4 Å². The third-order valence-corrected chi connectivity index (χ3v) is 3.95. The molecule has 1 aliphatic carbocycles. The standard InChI is InChI=1S/C17H24N2O3/c1-12(13-7-4-3-5-8-13)19-17(21)15-11-14(15)16(20)18-9-6-10-22-2/h3-5,7-8,12,14-15H,6,9-11H2,1-2H3,(H,18,20)(H,19,21). The predicted octanol–water partition coefficient (Wildman–Crippen LogP) is 1.65. The predicted molar refractivity (Wildman–Crippen MR) is 84.1 cm³/mol. The highest BCUT2D eigenvalue weighted by molar-refractivity contribution is 5.92. The Balaban J connectivity index is 1.72. The molecular formula is C17H24N2O3. The van der Waals surface area contributed by atoms with Gasteiger partial charge in [-0.2, -0.15) is 0 Å². The highest BCUT2D eigenvalue weighted by Crippen LogP contribution is 2.39. The smallest absolute Gasteiger partial charge is 0.224 e. The third kappa shape index (κ3) is 4.56. The van der Waals surface area contributed by atoms with Crippen LogP contribution in [0.25, 0.3) is 0 Å². The molecule has 22 heavy (non-hydrogen) atoms. The van der Waals surface area contributed by atoms with E-state index < -0.39 is 0 Å². The first-order chi connectivity index (χ1) is 10.6. The maximum Gasteiger partial charge on any atom is 0.224 e. The van der Waals surface area contributed by atoms with Crippen LogP contribution in [0.3, 0.4) is 0 Å². The van der Waals surface area contributed by atoms with Crippen LogP contribution in [-0.4, -0.2) is 32.1 Å². The minimum absolute atomic E-state index is 0.0244. The van der Waals surface area contributed by atoms with Gasteiger partial charge in [0.25, 0.3) is 0 Å². The van der Waals surface area contributed by atoms with Crippen LogP contribution in [0.15, 0.2) is 30.3 Å². The van der Waals surface area contributed by atoms with Crippen molar-refractivity contribution in [3.8, 4) is 0 Å². The van der Waals surface area contributed by atoms with Crippen LogP contribution >= 0.6 is 0 Å². The summed E-state index contributed by atoms with van der Waals surface area (Å²) in [5, 5.41) is 5.83. The van der Waals surface area contributed by atoms with Crippen molar-refractivity contribution in [2.75, 3.05) is 20.3 Å². The molecule has 5 heteroatoms. The number of carbonyl (C=O) groups excluding carboxylic acids is 2. The Kier molecular flexibility index (Phi) is 5.95. The maximum atomic E-state index is 12.2. The lowest BCUT2D eigenvalue weighted by Gasteiger charge is -2.14. The Labute approximate surface area is 131 Å². The third-order valence-electron chi connectivity index (χ3n) is 3.95. The second kappa shape index (κ2) is 7.94. The summed E-state index contributed by atoms with van der Waals surface area (Å²) in [5.74, 6) is -0.420. The lowest BCUT2D eigenvalue weighted by atomic mass is 10.1. The average molecular weight is 304 g/mol. The van der Waals surface area contributed by atoms with Crippen LogP contribution in [0.1, 0.15) is 31.4 Å². The maximum absolute atomic E-state index is 12.2. The summed E-state index contributed by atoms with van der Waals surface area (Å²) >= 11 is 0. The second-order valence-electron chi connectivity index (χ2n) is 5.73. The number of hydrogen-bond donors (Lipinski definition) is 2. The Bertz CT molecular complexity index is 504. The zero-order valence-electron chi connectivity index (χ0n) is 13.2. The lowest BCUT2D eigenvalue weighted by molar-refractivity contribution is -0.127. The van der Waals surface area contributed by atoms with Crippen molar-refractivity contribution in [1.82, 2.24) is 10.6 Å². The van der Waals surface area contributed by atoms with Crippen LogP contribution in [0, 0.1) is 11.8 Å². The van der Waals surface area contributed by atoms with Crippen LogP contribution in [0.5, 0.6) is 0 Å². The molecule has 1 aromatic carbocycles. The molecular weight excluding hydrogens is 280 g/mol. The molecule has 0 radical (unpaired) electrons. The molecule has 2 amide bonds. The van der Waals surface area contributed by atoms with E-state index in [1.807, 2.05) is 37.3 Å². The van der Waals surface area contributed by atoms with Gasteiger partial charge in [-0.15, -0.1) is 0 Å². The topological polar surface area (TPSA) is 67.4 Å². The first-order valence-electron chi connectivity index (χ1n) is 7.75.